The molecule has 0 heterocycles. The zero-order chi connectivity index (χ0) is 15.5. The number of hydrogen-bond donors (Lipinski definition) is 0. The van der Waals surface area contributed by atoms with Gasteiger partial charge in [0.05, 0.1) is 12.0 Å². The summed E-state index contributed by atoms with van der Waals surface area (Å²) in [4.78, 5) is 13.5. The number of benzene rings is 1. The maximum Gasteiger partial charge on any atom is 0.230 e. The molecule has 0 N–H and O–H groups in total. The second kappa shape index (κ2) is 6.26. The fraction of sp³-hybridized carbons (Fsp3) is 0.500. The maximum atomic E-state index is 13.1. The Morgan fingerprint density at radius 3 is 2.20 bits per heavy atom. The number of methoxy groups -OCH3 is 1. The second-order valence-corrected chi connectivity index (χ2v) is 5.35. The highest BCUT2D eigenvalue weighted by Crippen LogP contribution is 2.21. The first kappa shape index (κ1) is 16.5. The minimum Gasteiger partial charge on any atom is -0.384 e. The summed E-state index contributed by atoms with van der Waals surface area (Å²) < 4.78 is 44.0. The van der Waals surface area contributed by atoms with Gasteiger partial charge in [-0.15, -0.1) is 0 Å². The predicted octanol–water partition coefficient (Wildman–Crippen LogP) is 2.73. The van der Waals surface area contributed by atoms with Crippen LogP contribution >= 0.6 is 0 Å². The first-order valence-electron chi connectivity index (χ1n) is 6.07. The number of hydrogen-bond acceptors (Lipinski definition) is 2. The minimum atomic E-state index is -1.51. The Morgan fingerprint density at radius 1 is 1.25 bits per heavy atom. The molecule has 20 heavy (non-hydrogen) atoms. The first-order valence-corrected chi connectivity index (χ1v) is 6.07. The monoisotopic (exact) mass is 289 g/mol. The third-order valence-corrected chi connectivity index (χ3v) is 2.89. The van der Waals surface area contributed by atoms with Crippen molar-refractivity contribution in [3.8, 4) is 0 Å². The number of halogens is 3. The molecule has 0 saturated heterocycles. The van der Waals surface area contributed by atoms with E-state index in [0.717, 1.165) is 12.1 Å². The van der Waals surface area contributed by atoms with Crippen LogP contribution in [-0.4, -0.2) is 31.6 Å². The van der Waals surface area contributed by atoms with Gasteiger partial charge in [-0.2, -0.15) is 0 Å². The van der Waals surface area contributed by atoms with Gasteiger partial charge in [0, 0.05) is 20.7 Å². The van der Waals surface area contributed by atoms with Crippen LogP contribution in [0.5, 0.6) is 0 Å². The van der Waals surface area contributed by atoms with Crippen molar-refractivity contribution < 1.29 is 22.7 Å². The van der Waals surface area contributed by atoms with E-state index in [1.807, 2.05) is 0 Å². The molecule has 6 heteroatoms. The van der Waals surface area contributed by atoms with Crippen LogP contribution in [0.3, 0.4) is 0 Å². The highest BCUT2D eigenvalue weighted by atomic mass is 19.2. The molecule has 0 aliphatic carbocycles. The minimum absolute atomic E-state index is 0.0138. The molecular formula is C14H18F3NO2. The standard InChI is InChI=1S/C14H18F3NO2/c1-14(2,8-20-4)13(19)18(3)7-9-5-10(15)12(17)11(16)6-9/h5-6H,7-8H2,1-4H3. The van der Waals surface area contributed by atoms with E-state index in [9.17, 15) is 18.0 Å². The van der Waals surface area contributed by atoms with Gasteiger partial charge in [-0.1, -0.05) is 0 Å². The fourth-order valence-electron chi connectivity index (χ4n) is 1.98. The molecule has 0 aliphatic heterocycles. The Balaban J connectivity index is 2.86. The number of carbonyl (C=O) groups is 1. The van der Waals surface area contributed by atoms with Crippen molar-refractivity contribution in [2.45, 2.75) is 20.4 Å². The van der Waals surface area contributed by atoms with Crippen molar-refractivity contribution in [3.63, 3.8) is 0 Å². The second-order valence-electron chi connectivity index (χ2n) is 5.35. The Morgan fingerprint density at radius 2 is 1.75 bits per heavy atom. The fourth-order valence-corrected chi connectivity index (χ4v) is 1.98. The zero-order valence-electron chi connectivity index (χ0n) is 12.0. The summed E-state index contributed by atoms with van der Waals surface area (Å²) in [5.41, 5.74) is -0.564. The lowest BCUT2D eigenvalue weighted by atomic mass is 9.93. The third-order valence-electron chi connectivity index (χ3n) is 2.89. The summed E-state index contributed by atoms with van der Waals surface area (Å²) in [6.45, 7) is 3.63. The Hall–Kier alpha value is -1.56. The van der Waals surface area contributed by atoms with E-state index in [2.05, 4.69) is 0 Å². The van der Waals surface area contributed by atoms with Gasteiger partial charge in [0.15, 0.2) is 17.5 Å². The molecule has 0 atom stereocenters. The normalized spacial score (nSPS) is 11.6. The number of ether oxygens (including phenoxy) is 1. The first-order chi connectivity index (χ1) is 9.19. The quantitative estimate of drug-likeness (QED) is 0.780. The van der Waals surface area contributed by atoms with Crippen molar-refractivity contribution in [2.24, 2.45) is 5.41 Å². The molecule has 1 aromatic rings. The van der Waals surface area contributed by atoms with E-state index >= 15 is 0 Å². The molecular weight excluding hydrogens is 271 g/mol. The number of carbonyl (C=O) groups excluding carboxylic acids is 1. The molecule has 1 rings (SSSR count). The van der Waals surface area contributed by atoms with Crippen LogP contribution < -0.4 is 0 Å². The molecule has 0 saturated carbocycles. The van der Waals surface area contributed by atoms with E-state index in [1.165, 1.54) is 19.1 Å². The van der Waals surface area contributed by atoms with Crippen LogP contribution in [0.1, 0.15) is 19.4 Å². The van der Waals surface area contributed by atoms with Gasteiger partial charge >= 0.3 is 0 Å². The summed E-state index contributed by atoms with van der Waals surface area (Å²) in [7, 11) is 3.00. The van der Waals surface area contributed by atoms with E-state index in [-0.39, 0.29) is 24.6 Å². The van der Waals surface area contributed by atoms with E-state index in [4.69, 9.17) is 4.74 Å². The zero-order valence-corrected chi connectivity index (χ0v) is 12.0. The van der Waals surface area contributed by atoms with Gasteiger partial charge in [0.25, 0.3) is 0 Å². The topological polar surface area (TPSA) is 29.5 Å². The van der Waals surface area contributed by atoms with Gasteiger partial charge in [-0.05, 0) is 31.5 Å². The van der Waals surface area contributed by atoms with Gasteiger partial charge in [0.2, 0.25) is 5.91 Å². The average molecular weight is 289 g/mol. The predicted molar refractivity (Wildman–Crippen MR) is 68.4 cm³/mol. The lowest BCUT2D eigenvalue weighted by Crippen LogP contribution is -2.40. The molecule has 0 aromatic heterocycles. The smallest absolute Gasteiger partial charge is 0.230 e. The van der Waals surface area contributed by atoms with Crippen LogP contribution in [0.2, 0.25) is 0 Å². The molecule has 0 spiro atoms. The molecule has 0 bridgehead atoms. The van der Waals surface area contributed by atoms with Crippen LogP contribution in [0, 0.1) is 22.9 Å². The summed E-state index contributed by atoms with van der Waals surface area (Å²) >= 11 is 0. The highest BCUT2D eigenvalue weighted by Gasteiger charge is 2.30. The van der Waals surface area contributed by atoms with E-state index in [1.54, 1.807) is 13.8 Å². The molecule has 0 aliphatic rings. The molecule has 1 amide bonds. The van der Waals surface area contributed by atoms with Gasteiger partial charge in [0.1, 0.15) is 0 Å². The maximum absolute atomic E-state index is 13.1. The molecule has 112 valence electrons. The largest absolute Gasteiger partial charge is 0.384 e. The van der Waals surface area contributed by atoms with Crippen molar-refractivity contribution in [1.82, 2.24) is 4.90 Å². The lowest BCUT2D eigenvalue weighted by Gasteiger charge is -2.28. The van der Waals surface area contributed by atoms with Crippen LogP contribution in [0.15, 0.2) is 12.1 Å². The highest BCUT2D eigenvalue weighted by molar-refractivity contribution is 5.81. The van der Waals surface area contributed by atoms with Crippen molar-refractivity contribution >= 4 is 5.91 Å². The number of rotatable bonds is 5. The number of amides is 1. The summed E-state index contributed by atoms with van der Waals surface area (Å²) in [6, 6.07) is 1.76. The van der Waals surface area contributed by atoms with Gasteiger partial charge in [-0.25, -0.2) is 13.2 Å². The third kappa shape index (κ3) is 3.72. The lowest BCUT2D eigenvalue weighted by molar-refractivity contribution is -0.142. The van der Waals surface area contributed by atoms with E-state index in [0.29, 0.717) is 0 Å². The van der Waals surface area contributed by atoms with Crippen molar-refractivity contribution in [3.05, 3.63) is 35.1 Å². The van der Waals surface area contributed by atoms with Gasteiger partial charge in [-0.3, -0.25) is 4.79 Å². The summed E-state index contributed by atoms with van der Waals surface area (Å²) in [5.74, 6) is -4.28. The Kier molecular flexibility index (Phi) is 5.16. The molecule has 1 aromatic carbocycles. The number of nitrogens with zero attached hydrogens (tertiary/aromatic N) is 1. The summed E-state index contributed by atoms with van der Waals surface area (Å²) in [5, 5.41) is 0. The SMILES string of the molecule is COCC(C)(C)C(=O)N(C)Cc1cc(F)c(F)c(F)c1. The average Bonchev–Trinajstić information content (AvgIpc) is 2.34. The van der Waals surface area contributed by atoms with Crippen molar-refractivity contribution in [2.75, 3.05) is 20.8 Å². The molecule has 3 nitrogen and oxygen atoms in total. The molecule has 0 fully saturated rings. The Bertz CT molecular complexity index is 480. The van der Waals surface area contributed by atoms with Crippen LogP contribution in [-0.2, 0) is 16.1 Å². The van der Waals surface area contributed by atoms with E-state index < -0.39 is 22.9 Å². The van der Waals surface area contributed by atoms with Crippen LogP contribution in [0.25, 0.3) is 0 Å². The van der Waals surface area contributed by atoms with Crippen molar-refractivity contribution in [1.29, 1.82) is 0 Å². The molecule has 0 unspecified atom stereocenters. The van der Waals surface area contributed by atoms with Gasteiger partial charge < -0.3 is 9.64 Å². The summed E-state index contributed by atoms with van der Waals surface area (Å²) in [6.07, 6.45) is 0. The Labute approximate surface area is 116 Å². The van der Waals surface area contributed by atoms with Crippen LogP contribution in [0.4, 0.5) is 13.2 Å². The molecule has 0 radical (unpaired) electrons.